The van der Waals surface area contributed by atoms with Crippen molar-refractivity contribution < 1.29 is 33.1 Å². The number of rotatable bonds is 12. The van der Waals surface area contributed by atoms with Gasteiger partial charge in [0.15, 0.2) is 0 Å². The van der Waals surface area contributed by atoms with Gasteiger partial charge in [0.1, 0.15) is 30.1 Å². The maximum absolute atomic E-state index is 13.0. The summed E-state index contributed by atoms with van der Waals surface area (Å²) in [5, 5.41) is 2.95. The third-order valence-electron chi connectivity index (χ3n) is 7.42. The van der Waals surface area contributed by atoms with Crippen LogP contribution < -0.4 is 16.6 Å². The number of amides is 1. The van der Waals surface area contributed by atoms with Crippen LogP contribution in [0.25, 0.3) is 0 Å². The lowest BCUT2D eigenvalue weighted by atomic mass is 9.79. The fourth-order valence-electron chi connectivity index (χ4n) is 5.31. The smallest absolute Gasteiger partial charge is 0.328 e. The molecule has 0 spiro atoms. The van der Waals surface area contributed by atoms with Crippen molar-refractivity contribution in [1.29, 1.82) is 0 Å². The van der Waals surface area contributed by atoms with Crippen molar-refractivity contribution in [3.8, 4) is 0 Å². The summed E-state index contributed by atoms with van der Waals surface area (Å²) in [6.45, 7) is 14.2. The number of nitrogens with two attached hydrogens (primary N) is 1. The number of carbonyl (C=O) groups is 4. The Bertz CT molecular complexity index is 776. The van der Waals surface area contributed by atoms with E-state index in [1.807, 2.05) is 34.6 Å². The number of ketones is 1. The summed E-state index contributed by atoms with van der Waals surface area (Å²) in [5.41, 5.74) is 7.18. The normalized spacial score (nSPS) is 23.3. The van der Waals surface area contributed by atoms with Gasteiger partial charge in [-0.1, -0.05) is 54.9 Å². The van der Waals surface area contributed by atoms with Crippen molar-refractivity contribution >= 4 is 23.6 Å². The summed E-state index contributed by atoms with van der Waals surface area (Å²) < 4.78 is 21.4. The van der Waals surface area contributed by atoms with Gasteiger partial charge in [0.25, 0.3) is 0 Å². The Morgan fingerprint density at radius 1 is 0.762 bits per heavy atom. The SMILES string of the molecule is CCC.CCC(=O)C1CCC(C(=O)NC(CC(C)C)C(=O)OC2CCC(OC(=O)C(N)CC(C)C)CC2)CC1.CNF. The van der Waals surface area contributed by atoms with Gasteiger partial charge < -0.3 is 20.5 Å². The topological polar surface area (TPSA) is 137 Å². The molecule has 2 rings (SSSR count). The van der Waals surface area contributed by atoms with Crippen LogP contribution in [-0.4, -0.2) is 55.0 Å². The minimum Gasteiger partial charge on any atom is -0.461 e. The first-order valence-electron chi connectivity index (χ1n) is 16.1. The van der Waals surface area contributed by atoms with E-state index in [0.717, 1.165) is 12.8 Å². The zero-order valence-electron chi connectivity index (χ0n) is 27.5. The highest BCUT2D eigenvalue weighted by Crippen LogP contribution is 2.30. The summed E-state index contributed by atoms with van der Waals surface area (Å²) >= 11 is 0. The molecular formula is C32H60FN3O6. The maximum atomic E-state index is 13.0. The Hall–Kier alpha value is -2.07. The predicted molar refractivity (Wildman–Crippen MR) is 164 cm³/mol. The van der Waals surface area contributed by atoms with Crippen LogP contribution in [0.15, 0.2) is 0 Å². The Balaban J connectivity index is 0.00000257. The fraction of sp³-hybridized carbons (Fsp3) is 0.875. The van der Waals surface area contributed by atoms with Crippen LogP contribution in [-0.2, 0) is 28.7 Å². The van der Waals surface area contributed by atoms with Gasteiger partial charge in [-0.2, -0.15) is 5.54 Å². The third-order valence-corrected chi connectivity index (χ3v) is 7.42. The van der Waals surface area contributed by atoms with Gasteiger partial charge >= 0.3 is 11.9 Å². The minimum absolute atomic E-state index is 0.0656. The van der Waals surface area contributed by atoms with E-state index in [0.29, 0.717) is 63.7 Å². The van der Waals surface area contributed by atoms with Crippen molar-refractivity contribution in [2.24, 2.45) is 29.4 Å². The Kier molecular flexibility index (Phi) is 21.4. The molecular weight excluding hydrogens is 541 g/mol. The second-order valence-corrected chi connectivity index (χ2v) is 12.5. The second kappa shape index (κ2) is 22.5. The van der Waals surface area contributed by atoms with Gasteiger partial charge in [0.05, 0.1) is 0 Å². The first kappa shape index (κ1) is 39.9. The molecule has 246 valence electrons. The van der Waals surface area contributed by atoms with Gasteiger partial charge in [0, 0.05) is 25.3 Å². The average Bonchev–Trinajstić information content (AvgIpc) is 2.93. The molecule has 0 bridgehead atoms. The van der Waals surface area contributed by atoms with Crippen molar-refractivity contribution in [2.45, 2.75) is 150 Å². The molecule has 0 aromatic carbocycles. The van der Waals surface area contributed by atoms with E-state index < -0.39 is 18.1 Å². The highest BCUT2D eigenvalue weighted by molar-refractivity contribution is 5.86. The number of halogens is 1. The standard InChI is InChI=1S/C28H48N2O6.C3H8.CH4FN/c1-6-25(31)19-7-9-20(10-8-19)26(32)30-24(16-18(4)5)28(34)36-22-13-11-21(12-14-22)35-27(33)23(29)15-17(2)3;2*1-3-2/h17-24H,6-16,29H2,1-5H3,(H,30,32);3H2,1-2H3;3H,1H3. The van der Waals surface area contributed by atoms with E-state index in [1.165, 1.54) is 19.0 Å². The summed E-state index contributed by atoms with van der Waals surface area (Å²) in [7, 11) is 1.21. The Morgan fingerprint density at radius 2 is 1.17 bits per heavy atom. The van der Waals surface area contributed by atoms with Gasteiger partial charge in [0.2, 0.25) is 5.91 Å². The molecule has 2 saturated carbocycles. The molecule has 0 radical (unpaired) electrons. The molecule has 10 heteroatoms. The minimum atomic E-state index is -0.683. The number of Topliss-reactive ketones (excluding diaryl/α,β-unsaturated/α-hetero) is 1. The molecule has 2 aliphatic rings. The maximum Gasteiger partial charge on any atom is 0.328 e. The molecule has 0 aliphatic heterocycles. The molecule has 0 heterocycles. The molecule has 4 N–H and O–H groups in total. The van der Waals surface area contributed by atoms with Crippen LogP contribution in [0.4, 0.5) is 4.48 Å². The molecule has 2 atom stereocenters. The Morgan fingerprint density at radius 3 is 1.57 bits per heavy atom. The molecule has 9 nitrogen and oxygen atoms in total. The molecule has 0 aromatic heterocycles. The van der Waals surface area contributed by atoms with Crippen LogP contribution in [0.5, 0.6) is 0 Å². The van der Waals surface area contributed by atoms with E-state index in [2.05, 4.69) is 19.2 Å². The van der Waals surface area contributed by atoms with E-state index in [-0.39, 0.29) is 47.6 Å². The number of hydrogen-bond acceptors (Lipinski definition) is 8. The van der Waals surface area contributed by atoms with E-state index in [4.69, 9.17) is 15.2 Å². The molecule has 0 aromatic rings. The monoisotopic (exact) mass is 601 g/mol. The van der Waals surface area contributed by atoms with Crippen LogP contribution >= 0.6 is 0 Å². The highest BCUT2D eigenvalue weighted by atomic mass is 19.2. The van der Waals surface area contributed by atoms with Crippen molar-refractivity contribution in [3.05, 3.63) is 0 Å². The number of esters is 2. The van der Waals surface area contributed by atoms with Crippen LogP contribution in [0.2, 0.25) is 0 Å². The van der Waals surface area contributed by atoms with Crippen molar-refractivity contribution in [2.75, 3.05) is 7.05 Å². The zero-order valence-corrected chi connectivity index (χ0v) is 27.5. The number of nitrogens with one attached hydrogen (secondary N) is 2. The van der Waals surface area contributed by atoms with E-state index in [1.54, 1.807) is 0 Å². The lowest BCUT2D eigenvalue weighted by Gasteiger charge is -2.31. The summed E-state index contributed by atoms with van der Waals surface area (Å²) in [6, 6.07) is -1.29. The van der Waals surface area contributed by atoms with Crippen LogP contribution in [0.1, 0.15) is 126 Å². The zero-order chi connectivity index (χ0) is 32.2. The highest BCUT2D eigenvalue weighted by Gasteiger charge is 2.34. The van der Waals surface area contributed by atoms with E-state index in [9.17, 15) is 23.7 Å². The third kappa shape index (κ3) is 16.5. The molecule has 2 fully saturated rings. The number of hydrogen-bond donors (Lipinski definition) is 3. The largest absolute Gasteiger partial charge is 0.461 e. The molecule has 2 unspecified atom stereocenters. The van der Waals surface area contributed by atoms with Crippen LogP contribution in [0, 0.1) is 23.7 Å². The van der Waals surface area contributed by atoms with Crippen molar-refractivity contribution in [1.82, 2.24) is 10.9 Å². The van der Waals surface area contributed by atoms with Gasteiger partial charge in [-0.15, -0.1) is 4.48 Å². The Labute approximate surface area is 253 Å². The fourth-order valence-corrected chi connectivity index (χ4v) is 5.31. The molecule has 2 aliphatic carbocycles. The first-order chi connectivity index (χ1) is 19.8. The lowest BCUT2D eigenvalue weighted by molar-refractivity contribution is -0.161. The van der Waals surface area contributed by atoms with Gasteiger partial charge in [-0.3, -0.25) is 14.4 Å². The summed E-state index contributed by atoms with van der Waals surface area (Å²) in [4.78, 5) is 50.1. The molecule has 0 saturated heterocycles. The van der Waals surface area contributed by atoms with Crippen molar-refractivity contribution in [3.63, 3.8) is 0 Å². The van der Waals surface area contributed by atoms with Gasteiger partial charge in [-0.05, 0) is 76.0 Å². The first-order valence-corrected chi connectivity index (χ1v) is 16.1. The van der Waals surface area contributed by atoms with Gasteiger partial charge in [-0.25, -0.2) is 4.79 Å². The number of carbonyl (C=O) groups excluding carboxylic acids is 4. The average molecular weight is 602 g/mol. The van der Waals surface area contributed by atoms with E-state index >= 15 is 0 Å². The molecule has 1 amide bonds. The lowest BCUT2D eigenvalue weighted by Crippen LogP contribution is -2.47. The predicted octanol–water partition coefficient (Wildman–Crippen LogP) is 5.58. The second-order valence-electron chi connectivity index (χ2n) is 12.5. The number of ether oxygens (including phenoxy) is 2. The molecule has 42 heavy (non-hydrogen) atoms. The summed E-state index contributed by atoms with van der Waals surface area (Å²) in [5.74, 6) is -0.167. The summed E-state index contributed by atoms with van der Waals surface area (Å²) in [6.07, 6.45) is 7.73. The van der Waals surface area contributed by atoms with Crippen LogP contribution in [0.3, 0.4) is 0 Å². The quantitative estimate of drug-likeness (QED) is 0.195.